The summed E-state index contributed by atoms with van der Waals surface area (Å²) in [5.74, 6) is -1.50. The van der Waals surface area contributed by atoms with Gasteiger partial charge >= 0.3 is 0 Å². The van der Waals surface area contributed by atoms with E-state index in [9.17, 15) is 9.59 Å². The monoisotopic (exact) mass is 736 g/mol. The van der Waals surface area contributed by atoms with Crippen molar-refractivity contribution >= 4 is 69.9 Å². The summed E-state index contributed by atoms with van der Waals surface area (Å²) < 4.78 is 0. The van der Waals surface area contributed by atoms with Crippen LogP contribution in [0.5, 0.6) is 0 Å². The number of guanidine groups is 4. The first-order chi connectivity index (χ1) is 25.5. The van der Waals surface area contributed by atoms with Crippen LogP contribution in [-0.2, 0) is 22.4 Å². The molecule has 0 heterocycles. The second-order valence-corrected chi connectivity index (χ2v) is 11.7. The van der Waals surface area contributed by atoms with E-state index >= 15 is 0 Å². The van der Waals surface area contributed by atoms with E-state index in [0.29, 0.717) is 67.6 Å². The number of anilines is 2. The Morgan fingerprint density at radius 3 is 0.981 bits per heavy atom. The van der Waals surface area contributed by atoms with Crippen molar-refractivity contribution in [3.8, 4) is 0 Å². The highest BCUT2D eigenvalue weighted by atomic mass is 16.2. The Morgan fingerprint density at radius 2 is 0.722 bits per heavy atom. The Kier molecular flexibility index (Phi) is 14.4. The van der Waals surface area contributed by atoms with Crippen LogP contribution in [-0.4, -0.2) is 58.5 Å². The van der Waals surface area contributed by atoms with Crippen molar-refractivity contribution < 1.29 is 9.59 Å². The van der Waals surface area contributed by atoms with Gasteiger partial charge in [0.1, 0.15) is 0 Å². The summed E-state index contributed by atoms with van der Waals surface area (Å²) in [7, 11) is 0. The molecule has 0 aliphatic carbocycles. The molecular formula is C34H44N18O2. The molecule has 18 N–H and O–H groups in total. The molecular weight excluding hydrogens is 692 g/mol. The van der Waals surface area contributed by atoms with E-state index in [1.807, 2.05) is 0 Å². The third-order valence-electron chi connectivity index (χ3n) is 7.09. The molecule has 0 bridgehead atoms. The fourth-order valence-electron chi connectivity index (χ4n) is 4.63. The molecule has 0 unspecified atom stereocenters. The summed E-state index contributed by atoms with van der Waals surface area (Å²) in [5.41, 5.74) is 49.9. The van der Waals surface area contributed by atoms with Crippen LogP contribution in [0.1, 0.15) is 61.1 Å². The molecule has 3 aromatic rings. The van der Waals surface area contributed by atoms with E-state index in [-0.39, 0.29) is 48.5 Å². The number of nitrogens with zero attached hydrogens (tertiary/aromatic N) is 8. The van der Waals surface area contributed by atoms with Crippen molar-refractivity contribution in [2.24, 2.45) is 86.7 Å². The highest BCUT2D eigenvalue weighted by molar-refractivity contribution is 6.07. The van der Waals surface area contributed by atoms with Crippen molar-refractivity contribution in [3.05, 3.63) is 94.0 Å². The van der Waals surface area contributed by atoms with Crippen LogP contribution in [0.15, 0.2) is 101 Å². The molecule has 54 heavy (non-hydrogen) atoms. The number of nitrogens with one attached hydrogen (secondary N) is 2. The van der Waals surface area contributed by atoms with Crippen LogP contribution in [0, 0.1) is 0 Å². The predicted molar refractivity (Wildman–Crippen MR) is 216 cm³/mol. The maximum atomic E-state index is 13.3. The van der Waals surface area contributed by atoms with Gasteiger partial charge in [-0.3, -0.25) is 9.59 Å². The molecule has 20 nitrogen and oxygen atoms in total. The van der Waals surface area contributed by atoms with Gasteiger partial charge in [-0.1, -0.05) is 24.3 Å². The number of hydrogen-bond acceptors (Lipinski definition) is 10. The standard InChI is InChI=1S/C34H44N18O2/c1-17(45-49-31(35)36)23-11-24(18(2)46-50-32(37)38)14-27(13-23)43-29(53)9-21-6-5-7-22(8-21)10-30(54)44-28-15-25(19(3)47-51-33(39)40)12-26(16-28)20(4)48-52-34(41)42/h5-8,11-16H,9-10H2,1-4H3,(H,43,53)(H,44,54)(H4,35,36,49)(H4,37,38,50)(H4,39,40,51)(H4,41,42,52)/b45-17-,46-18-,47-19-,48-20+. The minimum Gasteiger partial charge on any atom is -0.369 e. The third-order valence-corrected chi connectivity index (χ3v) is 7.09. The van der Waals surface area contributed by atoms with Gasteiger partial charge in [-0.25, -0.2) is 0 Å². The van der Waals surface area contributed by atoms with Gasteiger partial charge in [0, 0.05) is 33.6 Å². The molecule has 0 fully saturated rings. The summed E-state index contributed by atoms with van der Waals surface area (Å²) in [6.07, 6.45) is 0.0107. The predicted octanol–water partition coefficient (Wildman–Crippen LogP) is 0.0386. The van der Waals surface area contributed by atoms with Crippen molar-refractivity contribution in [1.82, 2.24) is 0 Å². The molecule has 0 aliphatic heterocycles. The number of rotatable bonds is 14. The van der Waals surface area contributed by atoms with Gasteiger partial charge < -0.3 is 56.5 Å². The van der Waals surface area contributed by atoms with Crippen molar-refractivity contribution in [2.45, 2.75) is 40.5 Å². The third kappa shape index (κ3) is 13.6. The highest BCUT2D eigenvalue weighted by Gasteiger charge is 2.13. The molecule has 20 heteroatoms. The molecule has 0 spiro atoms. The maximum absolute atomic E-state index is 13.3. The smallest absolute Gasteiger partial charge is 0.228 e. The molecule has 0 saturated carbocycles. The first-order valence-corrected chi connectivity index (χ1v) is 16.0. The van der Waals surface area contributed by atoms with Crippen LogP contribution in [0.3, 0.4) is 0 Å². The van der Waals surface area contributed by atoms with Crippen LogP contribution in [0.2, 0.25) is 0 Å². The Balaban J connectivity index is 1.83. The van der Waals surface area contributed by atoms with E-state index < -0.39 is 0 Å². The van der Waals surface area contributed by atoms with Gasteiger partial charge in [0.2, 0.25) is 35.7 Å². The lowest BCUT2D eigenvalue weighted by atomic mass is 10.0. The number of nitrogens with two attached hydrogens (primary N) is 8. The average molecular weight is 737 g/mol. The Morgan fingerprint density at radius 1 is 0.444 bits per heavy atom. The van der Waals surface area contributed by atoms with E-state index in [1.165, 1.54) is 0 Å². The summed E-state index contributed by atoms with van der Waals surface area (Å²) in [6, 6.07) is 17.5. The fourth-order valence-corrected chi connectivity index (χ4v) is 4.63. The van der Waals surface area contributed by atoms with Crippen LogP contribution >= 0.6 is 0 Å². The minimum atomic E-state index is -0.322. The Hall–Kier alpha value is -7.64. The quantitative estimate of drug-likeness (QED) is 0.0601. The number of hydrogen-bond donors (Lipinski definition) is 10. The lowest BCUT2D eigenvalue weighted by molar-refractivity contribution is -0.116. The second-order valence-electron chi connectivity index (χ2n) is 11.7. The Labute approximate surface area is 311 Å². The lowest BCUT2D eigenvalue weighted by Crippen LogP contribution is -2.22. The molecule has 0 radical (unpaired) electrons. The number of carbonyl (C=O) groups is 2. The molecule has 0 atom stereocenters. The number of carbonyl (C=O) groups excluding carboxylic acids is 2. The molecule has 3 aromatic carbocycles. The lowest BCUT2D eigenvalue weighted by Gasteiger charge is -2.12. The van der Waals surface area contributed by atoms with Gasteiger partial charge in [0.25, 0.3) is 0 Å². The summed E-state index contributed by atoms with van der Waals surface area (Å²) in [4.78, 5) is 26.5. The molecule has 2 amide bonds. The van der Waals surface area contributed by atoms with Crippen LogP contribution < -0.4 is 56.5 Å². The Bertz CT molecular complexity index is 1880. The summed E-state index contributed by atoms with van der Waals surface area (Å²) in [6.45, 7) is 6.80. The largest absolute Gasteiger partial charge is 0.369 e. The van der Waals surface area contributed by atoms with Gasteiger partial charge in [0.05, 0.1) is 35.7 Å². The van der Waals surface area contributed by atoms with E-state index in [4.69, 9.17) is 45.9 Å². The summed E-state index contributed by atoms with van der Waals surface area (Å²) >= 11 is 0. The second kappa shape index (κ2) is 19.1. The van der Waals surface area contributed by atoms with Crippen LogP contribution in [0.25, 0.3) is 0 Å². The first-order valence-electron chi connectivity index (χ1n) is 16.0. The highest BCUT2D eigenvalue weighted by Crippen LogP contribution is 2.20. The fraction of sp³-hybridized carbons (Fsp3) is 0.176. The zero-order valence-electron chi connectivity index (χ0n) is 30.2. The molecule has 0 saturated heterocycles. The van der Waals surface area contributed by atoms with Gasteiger partial charge in [-0.15, -0.1) is 20.4 Å². The summed E-state index contributed by atoms with van der Waals surface area (Å²) in [5, 5.41) is 36.7. The zero-order chi connectivity index (χ0) is 39.9. The van der Waals surface area contributed by atoms with Crippen molar-refractivity contribution in [3.63, 3.8) is 0 Å². The number of benzene rings is 3. The van der Waals surface area contributed by atoms with Gasteiger partial charge in [0.15, 0.2) is 0 Å². The minimum absolute atomic E-state index is 0.00534. The molecule has 282 valence electrons. The topological polar surface area (TPSA) is 365 Å². The molecule has 0 aromatic heterocycles. The molecule has 3 rings (SSSR count). The zero-order valence-corrected chi connectivity index (χ0v) is 30.2. The van der Waals surface area contributed by atoms with Crippen molar-refractivity contribution in [2.75, 3.05) is 10.6 Å². The maximum Gasteiger partial charge on any atom is 0.228 e. The van der Waals surface area contributed by atoms with Crippen molar-refractivity contribution in [1.29, 1.82) is 0 Å². The van der Waals surface area contributed by atoms with Gasteiger partial charge in [-0.2, -0.15) is 20.4 Å². The van der Waals surface area contributed by atoms with E-state index in [2.05, 4.69) is 51.4 Å². The van der Waals surface area contributed by atoms with E-state index in [0.717, 1.165) is 0 Å². The van der Waals surface area contributed by atoms with E-state index in [1.54, 1.807) is 88.4 Å². The average Bonchev–Trinajstić information content (AvgIpc) is 3.10. The normalized spacial score (nSPS) is 11.9. The number of amides is 2. The van der Waals surface area contributed by atoms with Crippen LogP contribution in [0.4, 0.5) is 11.4 Å². The van der Waals surface area contributed by atoms with Gasteiger partial charge in [-0.05, 0) is 75.2 Å². The first kappa shape index (κ1) is 40.8. The molecule has 0 aliphatic rings. The SMILES string of the molecule is C/C(=N/N=C(N)N)c1cc(NC(=O)Cc2cccc(CC(=O)Nc3cc(/C(C)=N\N=C(N)N)cc(/C(C)=N/N=C(N)N)c3)c2)cc(/C(C)=N\N=C(N)N)c1.